The van der Waals surface area contributed by atoms with Crippen LogP contribution in [-0.2, 0) is 23.1 Å². The second-order valence-corrected chi connectivity index (χ2v) is 8.91. The number of sulfonamides is 1. The Hall–Kier alpha value is -3.13. The molecule has 0 unspecified atom stereocenters. The first-order valence-corrected chi connectivity index (χ1v) is 11.2. The lowest BCUT2D eigenvalue weighted by Gasteiger charge is -2.24. The number of aryl methyl sites for hydroxylation is 3. The summed E-state index contributed by atoms with van der Waals surface area (Å²) in [5, 5.41) is 0. The van der Waals surface area contributed by atoms with Gasteiger partial charge in [0.1, 0.15) is 0 Å². The lowest BCUT2D eigenvalue weighted by molar-refractivity contribution is 0.199. The van der Waals surface area contributed by atoms with E-state index in [0.717, 1.165) is 16.7 Å². The van der Waals surface area contributed by atoms with Crippen molar-refractivity contribution < 1.29 is 13.2 Å². The van der Waals surface area contributed by atoms with Gasteiger partial charge < -0.3 is 9.47 Å². The van der Waals surface area contributed by atoms with Gasteiger partial charge in [-0.1, -0.05) is 42.0 Å². The van der Waals surface area contributed by atoms with Gasteiger partial charge in [-0.3, -0.25) is 0 Å². The van der Waals surface area contributed by atoms with E-state index in [1.54, 1.807) is 24.7 Å². The van der Waals surface area contributed by atoms with Crippen molar-refractivity contribution in [2.75, 3.05) is 6.54 Å². The van der Waals surface area contributed by atoms with Gasteiger partial charge in [0.05, 0.1) is 11.2 Å². The fraction of sp³-hybridized carbons (Fsp3) is 0.273. The monoisotopic (exact) mass is 426 g/mol. The fourth-order valence-corrected chi connectivity index (χ4v) is 4.04. The van der Waals surface area contributed by atoms with Gasteiger partial charge >= 0.3 is 6.03 Å². The van der Waals surface area contributed by atoms with E-state index in [-0.39, 0.29) is 4.90 Å². The number of rotatable bonds is 8. The molecule has 0 radical (unpaired) electrons. The van der Waals surface area contributed by atoms with E-state index in [4.69, 9.17) is 0 Å². The minimum absolute atomic E-state index is 0.0655. The summed E-state index contributed by atoms with van der Waals surface area (Å²) in [5.41, 5.74) is 2.97. The number of aromatic nitrogens is 2. The maximum atomic E-state index is 12.9. The van der Waals surface area contributed by atoms with Crippen LogP contribution < -0.4 is 4.72 Å². The molecule has 158 valence electrons. The van der Waals surface area contributed by atoms with Crippen molar-refractivity contribution in [2.24, 2.45) is 0 Å². The molecule has 3 aromatic rings. The molecule has 0 fully saturated rings. The highest BCUT2D eigenvalue weighted by Crippen LogP contribution is 2.14. The molecule has 30 heavy (non-hydrogen) atoms. The van der Waals surface area contributed by atoms with Gasteiger partial charge in [-0.05, 0) is 43.5 Å². The van der Waals surface area contributed by atoms with Gasteiger partial charge in [0.25, 0.3) is 10.0 Å². The molecule has 0 saturated heterocycles. The summed E-state index contributed by atoms with van der Waals surface area (Å²) in [7, 11) is -3.95. The van der Waals surface area contributed by atoms with E-state index in [2.05, 4.69) is 9.71 Å². The van der Waals surface area contributed by atoms with E-state index in [1.807, 2.05) is 48.9 Å². The van der Waals surface area contributed by atoms with Crippen LogP contribution in [0.25, 0.3) is 0 Å². The first-order valence-electron chi connectivity index (χ1n) is 9.74. The Morgan fingerprint density at radius 3 is 2.50 bits per heavy atom. The van der Waals surface area contributed by atoms with E-state index in [1.165, 1.54) is 17.0 Å². The third kappa shape index (κ3) is 5.70. The normalized spacial score (nSPS) is 11.3. The SMILES string of the molecule is Cc1ccc(S(=O)(=O)NC(=O)N(CCCn2ccnc2)Cc2ccccc2C)cc1. The van der Waals surface area contributed by atoms with Crippen LogP contribution in [0, 0.1) is 13.8 Å². The molecule has 1 N–H and O–H groups in total. The van der Waals surface area contributed by atoms with Crippen molar-refractivity contribution in [3.63, 3.8) is 0 Å². The molecule has 0 saturated carbocycles. The highest BCUT2D eigenvalue weighted by molar-refractivity contribution is 7.90. The number of urea groups is 1. The molecule has 0 aliphatic heterocycles. The average molecular weight is 427 g/mol. The number of nitrogens with zero attached hydrogens (tertiary/aromatic N) is 3. The smallest absolute Gasteiger partial charge is 0.331 e. The minimum atomic E-state index is -3.95. The Morgan fingerprint density at radius 1 is 1.10 bits per heavy atom. The third-order valence-corrected chi connectivity index (χ3v) is 6.20. The topological polar surface area (TPSA) is 84.3 Å². The zero-order valence-corrected chi connectivity index (χ0v) is 18.0. The van der Waals surface area contributed by atoms with E-state index < -0.39 is 16.1 Å². The predicted octanol–water partition coefficient (Wildman–Crippen LogP) is 3.49. The summed E-state index contributed by atoms with van der Waals surface area (Å²) in [5.74, 6) is 0. The van der Waals surface area contributed by atoms with Gasteiger partial charge in [-0.25, -0.2) is 22.9 Å². The lowest BCUT2D eigenvalue weighted by atomic mass is 10.1. The highest BCUT2D eigenvalue weighted by Gasteiger charge is 2.22. The Kier molecular flexibility index (Phi) is 6.89. The largest absolute Gasteiger partial charge is 0.337 e. The Balaban J connectivity index is 1.74. The van der Waals surface area contributed by atoms with Crippen LogP contribution >= 0.6 is 0 Å². The Bertz CT molecular complexity index is 1080. The number of hydrogen-bond donors (Lipinski definition) is 1. The summed E-state index contributed by atoms with van der Waals surface area (Å²) in [4.78, 5) is 18.5. The Labute approximate surface area is 177 Å². The van der Waals surface area contributed by atoms with Crippen molar-refractivity contribution in [3.05, 3.63) is 83.9 Å². The lowest BCUT2D eigenvalue weighted by Crippen LogP contribution is -2.43. The molecule has 2 aromatic carbocycles. The number of nitrogens with one attached hydrogen (secondary N) is 1. The molecule has 7 nitrogen and oxygen atoms in total. The second kappa shape index (κ2) is 9.58. The van der Waals surface area contributed by atoms with Crippen LogP contribution in [0.4, 0.5) is 4.79 Å². The van der Waals surface area contributed by atoms with Crippen LogP contribution in [0.2, 0.25) is 0 Å². The predicted molar refractivity (Wildman–Crippen MR) is 115 cm³/mol. The molecule has 8 heteroatoms. The molecule has 2 amide bonds. The van der Waals surface area contributed by atoms with Crippen LogP contribution in [0.1, 0.15) is 23.1 Å². The van der Waals surface area contributed by atoms with Crippen LogP contribution in [-0.4, -0.2) is 35.4 Å². The van der Waals surface area contributed by atoms with Crippen molar-refractivity contribution in [3.8, 4) is 0 Å². The zero-order chi connectivity index (χ0) is 21.6. The molecule has 0 spiro atoms. The number of benzene rings is 2. The van der Waals surface area contributed by atoms with Crippen LogP contribution in [0.5, 0.6) is 0 Å². The highest BCUT2D eigenvalue weighted by atomic mass is 32.2. The molecule has 0 aliphatic rings. The number of carbonyl (C=O) groups excluding carboxylic acids is 1. The molecular weight excluding hydrogens is 400 g/mol. The van der Waals surface area contributed by atoms with Gasteiger partial charge in [0, 0.05) is 32.0 Å². The maximum Gasteiger partial charge on any atom is 0.331 e. The molecule has 3 rings (SSSR count). The van der Waals surface area contributed by atoms with Gasteiger partial charge in [0.2, 0.25) is 0 Å². The summed E-state index contributed by atoms with van der Waals surface area (Å²) < 4.78 is 29.5. The quantitative estimate of drug-likeness (QED) is 0.598. The van der Waals surface area contributed by atoms with Crippen molar-refractivity contribution in [1.29, 1.82) is 0 Å². The Morgan fingerprint density at radius 2 is 1.83 bits per heavy atom. The summed E-state index contributed by atoms with van der Waals surface area (Å²) in [6.07, 6.45) is 5.94. The average Bonchev–Trinajstić information content (AvgIpc) is 3.22. The number of hydrogen-bond acceptors (Lipinski definition) is 4. The third-order valence-electron chi connectivity index (χ3n) is 4.87. The number of imidazole rings is 1. The van der Waals surface area contributed by atoms with Crippen molar-refractivity contribution in [2.45, 2.75) is 38.3 Å². The zero-order valence-electron chi connectivity index (χ0n) is 17.2. The minimum Gasteiger partial charge on any atom is -0.337 e. The molecule has 0 bridgehead atoms. The number of carbonyl (C=O) groups is 1. The van der Waals surface area contributed by atoms with Crippen molar-refractivity contribution >= 4 is 16.1 Å². The molecule has 0 atom stereocenters. The summed E-state index contributed by atoms with van der Waals surface area (Å²) in [6, 6.07) is 13.5. The van der Waals surface area contributed by atoms with E-state index >= 15 is 0 Å². The van der Waals surface area contributed by atoms with Crippen LogP contribution in [0.15, 0.2) is 72.1 Å². The summed E-state index contributed by atoms with van der Waals surface area (Å²) >= 11 is 0. The molecule has 1 aromatic heterocycles. The van der Waals surface area contributed by atoms with E-state index in [0.29, 0.717) is 26.1 Å². The summed E-state index contributed by atoms with van der Waals surface area (Å²) in [6.45, 7) is 5.26. The maximum absolute atomic E-state index is 12.9. The fourth-order valence-electron chi connectivity index (χ4n) is 3.06. The van der Waals surface area contributed by atoms with Gasteiger partial charge in [0.15, 0.2) is 0 Å². The first-order chi connectivity index (χ1) is 14.3. The standard InChI is InChI=1S/C22H26N4O3S/c1-18-8-10-21(11-9-18)30(28,29)24-22(27)26(14-5-13-25-15-12-23-17-25)16-20-7-4-3-6-19(20)2/h3-4,6-12,15,17H,5,13-14,16H2,1-2H3,(H,24,27). The van der Waals surface area contributed by atoms with Gasteiger partial charge in [-0.2, -0.15) is 0 Å². The molecular formula is C22H26N4O3S. The van der Waals surface area contributed by atoms with Crippen molar-refractivity contribution in [1.82, 2.24) is 19.2 Å². The van der Waals surface area contributed by atoms with Crippen LogP contribution in [0.3, 0.4) is 0 Å². The van der Waals surface area contributed by atoms with Gasteiger partial charge in [-0.15, -0.1) is 0 Å². The molecule has 0 aliphatic carbocycles. The first kappa shape index (κ1) is 21.6. The number of amides is 2. The second-order valence-electron chi connectivity index (χ2n) is 7.23. The molecule has 1 heterocycles. The van der Waals surface area contributed by atoms with E-state index in [9.17, 15) is 13.2 Å².